The molecule has 0 saturated carbocycles. The maximum absolute atomic E-state index is 12.8. The molecular formula is C59H90O6. The molecule has 1 atom stereocenters. The Kier molecular flexibility index (Phi) is 48.2. The molecule has 0 aliphatic heterocycles. The van der Waals surface area contributed by atoms with E-state index >= 15 is 0 Å². The fourth-order valence-corrected chi connectivity index (χ4v) is 6.22. The summed E-state index contributed by atoms with van der Waals surface area (Å²) in [6, 6.07) is 0. The first kappa shape index (κ1) is 60.3. The molecule has 362 valence electrons. The largest absolute Gasteiger partial charge is 0.462 e. The number of unbranched alkanes of at least 4 members (excludes halogenated alkanes) is 14. The van der Waals surface area contributed by atoms with Crippen LogP contribution in [-0.2, 0) is 28.6 Å². The van der Waals surface area contributed by atoms with Crippen LogP contribution in [0.2, 0.25) is 0 Å². The molecule has 0 N–H and O–H groups in total. The van der Waals surface area contributed by atoms with Crippen LogP contribution in [0, 0.1) is 0 Å². The second kappa shape index (κ2) is 51.9. The van der Waals surface area contributed by atoms with E-state index in [1.54, 1.807) is 0 Å². The van der Waals surface area contributed by atoms with Gasteiger partial charge in [0, 0.05) is 19.3 Å². The van der Waals surface area contributed by atoms with E-state index in [1.807, 2.05) is 36.5 Å². The molecule has 6 nitrogen and oxygen atoms in total. The highest BCUT2D eigenvalue weighted by Crippen LogP contribution is 2.12. The van der Waals surface area contributed by atoms with Crippen molar-refractivity contribution in [2.24, 2.45) is 0 Å². The van der Waals surface area contributed by atoms with Crippen molar-refractivity contribution < 1.29 is 28.6 Å². The number of ether oxygens (including phenoxy) is 3. The number of carbonyl (C=O) groups is 3. The van der Waals surface area contributed by atoms with E-state index in [2.05, 4.69) is 130 Å². The standard InChI is InChI=1S/C59H90O6/c1-4-7-10-13-16-19-22-25-27-29-30-32-34-37-40-43-46-49-52-58(61)64-55-56(54-63-57(60)51-48-45-42-39-36-33-24-21-18-15-12-9-6-3)65-59(62)53-50-47-44-41-38-35-31-28-26-23-20-17-14-11-8-5-2/h8-9,11-12,15-22,24-30,32-33,35-36,38,56H,4-7,10,13-14,23,31,34,37,39-55H2,1-3H3/b11-8+,12-9+,18-15+,19-16+,20-17+,24-21+,25-22+,28-26+,29-27+,32-30+,36-33+,38-35+. The lowest BCUT2D eigenvalue weighted by Crippen LogP contribution is -2.30. The van der Waals surface area contributed by atoms with Gasteiger partial charge < -0.3 is 14.2 Å². The van der Waals surface area contributed by atoms with Gasteiger partial charge in [0.25, 0.3) is 0 Å². The minimum absolute atomic E-state index is 0.123. The zero-order valence-electron chi connectivity index (χ0n) is 41.2. The van der Waals surface area contributed by atoms with E-state index < -0.39 is 6.10 Å². The van der Waals surface area contributed by atoms with Gasteiger partial charge in [-0.2, -0.15) is 0 Å². The lowest BCUT2D eigenvalue weighted by molar-refractivity contribution is -0.167. The lowest BCUT2D eigenvalue weighted by atomic mass is 10.1. The van der Waals surface area contributed by atoms with Crippen LogP contribution in [0.15, 0.2) is 146 Å². The van der Waals surface area contributed by atoms with Crippen molar-refractivity contribution >= 4 is 17.9 Å². The van der Waals surface area contributed by atoms with Crippen molar-refractivity contribution in [3.05, 3.63) is 146 Å². The van der Waals surface area contributed by atoms with Crippen LogP contribution in [0.1, 0.15) is 188 Å². The summed E-state index contributed by atoms with van der Waals surface area (Å²) in [5, 5.41) is 0. The predicted molar refractivity (Wildman–Crippen MR) is 279 cm³/mol. The maximum atomic E-state index is 12.8. The summed E-state index contributed by atoms with van der Waals surface area (Å²) in [5.74, 6) is -1.03. The molecule has 0 aromatic heterocycles. The van der Waals surface area contributed by atoms with E-state index in [9.17, 15) is 14.4 Å². The molecule has 0 aliphatic carbocycles. The molecule has 0 rings (SSSR count). The van der Waals surface area contributed by atoms with Gasteiger partial charge in [-0.25, -0.2) is 0 Å². The first-order chi connectivity index (χ1) is 32.0. The molecule has 0 spiro atoms. The summed E-state index contributed by atoms with van der Waals surface area (Å²) < 4.78 is 16.7. The Bertz CT molecular complexity index is 1490. The van der Waals surface area contributed by atoms with E-state index in [1.165, 1.54) is 19.3 Å². The van der Waals surface area contributed by atoms with Crippen molar-refractivity contribution in [2.45, 2.75) is 194 Å². The number of carbonyl (C=O) groups excluding carboxylic acids is 3. The normalized spacial score (nSPS) is 13.3. The first-order valence-corrected chi connectivity index (χ1v) is 25.4. The van der Waals surface area contributed by atoms with Gasteiger partial charge in [0.05, 0.1) is 0 Å². The molecule has 0 aromatic carbocycles. The highest BCUT2D eigenvalue weighted by molar-refractivity contribution is 5.71. The first-order valence-electron chi connectivity index (χ1n) is 25.4. The van der Waals surface area contributed by atoms with Gasteiger partial charge in [-0.05, 0) is 103 Å². The third-order valence-electron chi connectivity index (χ3n) is 10.00. The molecule has 0 heterocycles. The second-order valence-corrected chi connectivity index (χ2v) is 16.1. The van der Waals surface area contributed by atoms with Gasteiger partial charge in [0.2, 0.25) is 0 Å². The quantitative estimate of drug-likeness (QED) is 0.0199. The lowest BCUT2D eigenvalue weighted by Gasteiger charge is -2.18. The minimum atomic E-state index is -0.827. The zero-order valence-corrected chi connectivity index (χ0v) is 41.2. The molecule has 0 aliphatic rings. The molecule has 0 bridgehead atoms. The summed E-state index contributed by atoms with van der Waals surface area (Å²) in [5.41, 5.74) is 0. The van der Waals surface area contributed by atoms with Gasteiger partial charge in [0.1, 0.15) is 13.2 Å². The Balaban J connectivity index is 4.58. The molecule has 0 amide bonds. The van der Waals surface area contributed by atoms with Crippen LogP contribution in [0.4, 0.5) is 0 Å². The molecule has 0 saturated heterocycles. The van der Waals surface area contributed by atoms with Crippen LogP contribution < -0.4 is 0 Å². The Hall–Kier alpha value is -4.71. The van der Waals surface area contributed by atoms with Crippen molar-refractivity contribution in [2.75, 3.05) is 13.2 Å². The molecule has 65 heavy (non-hydrogen) atoms. The molecule has 1 unspecified atom stereocenters. The maximum Gasteiger partial charge on any atom is 0.306 e. The second-order valence-electron chi connectivity index (χ2n) is 16.1. The molecule has 0 aromatic rings. The van der Waals surface area contributed by atoms with E-state index in [0.717, 1.165) is 122 Å². The number of hydrogen-bond acceptors (Lipinski definition) is 6. The zero-order chi connectivity index (χ0) is 47.2. The molecule has 0 fully saturated rings. The average Bonchev–Trinajstić information content (AvgIpc) is 3.30. The summed E-state index contributed by atoms with van der Waals surface area (Å²) in [4.78, 5) is 38.0. The van der Waals surface area contributed by atoms with Gasteiger partial charge in [-0.15, -0.1) is 0 Å². The number of rotatable bonds is 43. The number of allylic oxidation sites excluding steroid dienone is 24. The van der Waals surface area contributed by atoms with Crippen LogP contribution in [-0.4, -0.2) is 37.2 Å². The van der Waals surface area contributed by atoms with Gasteiger partial charge >= 0.3 is 17.9 Å². The highest BCUT2D eigenvalue weighted by Gasteiger charge is 2.19. The van der Waals surface area contributed by atoms with Crippen LogP contribution >= 0.6 is 0 Å². The summed E-state index contributed by atoms with van der Waals surface area (Å²) in [6.45, 7) is 6.23. The highest BCUT2D eigenvalue weighted by atomic mass is 16.6. The molecule has 6 heteroatoms. The third-order valence-corrected chi connectivity index (χ3v) is 10.00. The SMILES string of the molecule is CC/C=C/C=C/C=C/C=C/CCCCCC(=O)OCC(COC(=O)CCCCCCC/C=C/C=C/C=C/C=C/CCCCC)OC(=O)CCCCC/C=C/C/C=C/C/C=C/C/C=C/CC. The predicted octanol–water partition coefficient (Wildman–Crippen LogP) is 16.9. The summed E-state index contributed by atoms with van der Waals surface area (Å²) >= 11 is 0. The van der Waals surface area contributed by atoms with Gasteiger partial charge in [0.15, 0.2) is 6.10 Å². The Morgan fingerprint density at radius 2 is 0.677 bits per heavy atom. The van der Waals surface area contributed by atoms with Crippen molar-refractivity contribution in [3.63, 3.8) is 0 Å². The Morgan fingerprint density at radius 1 is 0.338 bits per heavy atom. The van der Waals surface area contributed by atoms with Crippen LogP contribution in [0.25, 0.3) is 0 Å². The smallest absolute Gasteiger partial charge is 0.306 e. The van der Waals surface area contributed by atoms with Crippen molar-refractivity contribution in [1.29, 1.82) is 0 Å². The van der Waals surface area contributed by atoms with Gasteiger partial charge in [-0.1, -0.05) is 212 Å². The molecular weight excluding hydrogens is 805 g/mol. The summed E-state index contributed by atoms with van der Waals surface area (Å²) in [7, 11) is 0. The van der Waals surface area contributed by atoms with E-state index in [4.69, 9.17) is 14.2 Å². The Labute approximate surface area is 397 Å². The molecule has 0 radical (unpaired) electrons. The fourth-order valence-electron chi connectivity index (χ4n) is 6.22. The average molecular weight is 895 g/mol. The Morgan fingerprint density at radius 3 is 1.14 bits per heavy atom. The topological polar surface area (TPSA) is 78.9 Å². The number of esters is 3. The minimum Gasteiger partial charge on any atom is -0.462 e. The summed E-state index contributed by atoms with van der Waals surface area (Å²) in [6.07, 6.45) is 74.0. The van der Waals surface area contributed by atoms with E-state index in [0.29, 0.717) is 19.3 Å². The van der Waals surface area contributed by atoms with Crippen LogP contribution in [0.3, 0.4) is 0 Å². The van der Waals surface area contributed by atoms with Gasteiger partial charge in [-0.3, -0.25) is 14.4 Å². The van der Waals surface area contributed by atoms with E-state index in [-0.39, 0.29) is 37.5 Å². The van der Waals surface area contributed by atoms with Crippen molar-refractivity contribution in [3.8, 4) is 0 Å². The monoisotopic (exact) mass is 895 g/mol. The number of hydrogen-bond donors (Lipinski definition) is 0. The fraction of sp³-hybridized carbons (Fsp3) is 0.542. The van der Waals surface area contributed by atoms with Crippen molar-refractivity contribution in [1.82, 2.24) is 0 Å². The third kappa shape index (κ3) is 50.2. The van der Waals surface area contributed by atoms with Crippen LogP contribution in [0.5, 0.6) is 0 Å².